The number of benzene rings is 1. The maximum absolute atomic E-state index is 12.2. The molecule has 1 aromatic carbocycles. The highest BCUT2D eigenvalue weighted by molar-refractivity contribution is 5.85. The lowest BCUT2D eigenvalue weighted by molar-refractivity contribution is -0.120. The van der Waals surface area contributed by atoms with E-state index in [1.54, 1.807) is 18.2 Å². The largest absolute Gasteiger partial charge is 0.434 e. The van der Waals surface area contributed by atoms with Crippen molar-refractivity contribution in [1.29, 1.82) is 0 Å². The molecule has 0 heterocycles. The van der Waals surface area contributed by atoms with E-state index in [9.17, 15) is 13.6 Å². The number of carbonyl (C=O) groups excluding carboxylic acids is 1. The van der Waals surface area contributed by atoms with Crippen LogP contribution in [0.3, 0.4) is 0 Å². The van der Waals surface area contributed by atoms with Crippen molar-refractivity contribution in [3.63, 3.8) is 0 Å². The van der Waals surface area contributed by atoms with Crippen LogP contribution < -0.4 is 15.4 Å². The molecule has 1 aliphatic carbocycles. The molecule has 1 amide bonds. The lowest BCUT2D eigenvalue weighted by Gasteiger charge is -2.11. The molecular formula is C14H19ClF2N2O2. The van der Waals surface area contributed by atoms with Gasteiger partial charge in [-0.2, -0.15) is 8.78 Å². The van der Waals surface area contributed by atoms with Crippen LogP contribution in [0.4, 0.5) is 8.78 Å². The molecule has 1 fully saturated rings. The molecule has 0 aliphatic heterocycles. The third-order valence-corrected chi connectivity index (χ3v) is 3.08. The summed E-state index contributed by atoms with van der Waals surface area (Å²) in [4.78, 5) is 11.6. The first-order chi connectivity index (χ1) is 9.65. The van der Waals surface area contributed by atoms with Crippen LogP contribution in [0.25, 0.3) is 0 Å². The Morgan fingerprint density at radius 2 is 2.05 bits per heavy atom. The van der Waals surface area contributed by atoms with Crippen LogP contribution >= 0.6 is 12.4 Å². The quantitative estimate of drug-likeness (QED) is 0.773. The first-order valence-electron chi connectivity index (χ1n) is 6.65. The van der Waals surface area contributed by atoms with Crippen LogP contribution in [-0.2, 0) is 11.3 Å². The molecule has 1 saturated carbocycles. The second kappa shape index (κ2) is 8.79. The minimum Gasteiger partial charge on any atom is -0.434 e. The van der Waals surface area contributed by atoms with E-state index in [4.69, 9.17) is 0 Å². The Labute approximate surface area is 128 Å². The molecule has 118 valence electrons. The van der Waals surface area contributed by atoms with Crippen LogP contribution in [0.2, 0.25) is 0 Å². The number of rotatable bonds is 8. The number of amides is 1. The molecule has 0 radical (unpaired) electrons. The number of hydrogen-bond acceptors (Lipinski definition) is 3. The van der Waals surface area contributed by atoms with Gasteiger partial charge in [-0.3, -0.25) is 4.79 Å². The van der Waals surface area contributed by atoms with E-state index in [0.717, 1.165) is 6.54 Å². The molecule has 0 bridgehead atoms. The van der Waals surface area contributed by atoms with Crippen molar-refractivity contribution in [3.8, 4) is 5.75 Å². The Morgan fingerprint density at radius 3 is 2.71 bits per heavy atom. The van der Waals surface area contributed by atoms with E-state index < -0.39 is 6.61 Å². The molecule has 2 rings (SSSR count). The first-order valence-corrected chi connectivity index (χ1v) is 6.65. The Hall–Kier alpha value is -1.40. The number of alkyl halides is 2. The Kier molecular flexibility index (Phi) is 7.39. The van der Waals surface area contributed by atoms with E-state index in [2.05, 4.69) is 15.4 Å². The molecule has 4 nitrogen and oxygen atoms in total. The van der Waals surface area contributed by atoms with Crippen LogP contribution in [0.1, 0.15) is 18.4 Å². The predicted octanol–water partition coefficient (Wildman–Crippen LogP) is 2.33. The zero-order chi connectivity index (χ0) is 14.4. The van der Waals surface area contributed by atoms with Crippen LogP contribution in [0, 0.1) is 5.92 Å². The van der Waals surface area contributed by atoms with Gasteiger partial charge in [-0.1, -0.05) is 18.2 Å². The molecule has 1 aliphatic rings. The molecule has 21 heavy (non-hydrogen) atoms. The summed E-state index contributed by atoms with van der Waals surface area (Å²) in [6.45, 7) is -1.59. The van der Waals surface area contributed by atoms with Crippen LogP contribution in [0.15, 0.2) is 24.3 Å². The zero-order valence-electron chi connectivity index (χ0n) is 11.5. The third kappa shape index (κ3) is 6.73. The maximum Gasteiger partial charge on any atom is 0.387 e. The van der Waals surface area contributed by atoms with Gasteiger partial charge in [-0.05, 0) is 31.4 Å². The van der Waals surface area contributed by atoms with Gasteiger partial charge in [0.25, 0.3) is 0 Å². The van der Waals surface area contributed by atoms with E-state index in [0.29, 0.717) is 11.5 Å². The average molecular weight is 321 g/mol. The smallest absolute Gasteiger partial charge is 0.387 e. The molecule has 0 saturated heterocycles. The van der Waals surface area contributed by atoms with Gasteiger partial charge in [-0.15, -0.1) is 12.4 Å². The zero-order valence-corrected chi connectivity index (χ0v) is 12.3. The predicted molar refractivity (Wildman–Crippen MR) is 77.8 cm³/mol. The summed E-state index contributed by atoms with van der Waals surface area (Å²) >= 11 is 0. The summed E-state index contributed by atoms with van der Waals surface area (Å²) in [5.74, 6) is 0.647. The SMILES string of the molecule is Cl.O=C(CNCC1CC1)NCc1ccccc1OC(F)F. The van der Waals surface area contributed by atoms with Crippen molar-refractivity contribution >= 4 is 18.3 Å². The van der Waals surface area contributed by atoms with Crippen LogP contribution in [0.5, 0.6) is 5.75 Å². The van der Waals surface area contributed by atoms with Crippen molar-refractivity contribution in [1.82, 2.24) is 10.6 Å². The van der Waals surface area contributed by atoms with Gasteiger partial charge in [0.1, 0.15) is 5.75 Å². The van der Waals surface area contributed by atoms with Gasteiger partial charge in [0.2, 0.25) is 5.91 Å². The highest BCUT2D eigenvalue weighted by Crippen LogP contribution is 2.27. The monoisotopic (exact) mass is 320 g/mol. The third-order valence-electron chi connectivity index (χ3n) is 3.08. The summed E-state index contributed by atoms with van der Waals surface area (Å²) in [6.07, 6.45) is 2.46. The van der Waals surface area contributed by atoms with Gasteiger partial charge in [0.05, 0.1) is 6.54 Å². The molecular weight excluding hydrogens is 302 g/mol. The van der Waals surface area contributed by atoms with Crippen molar-refractivity contribution in [2.24, 2.45) is 5.92 Å². The molecule has 7 heteroatoms. The van der Waals surface area contributed by atoms with Gasteiger partial charge in [0.15, 0.2) is 0 Å². The average Bonchev–Trinajstić information content (AvgIpc) is 3.21. The number of ether oxygens (including phenoxy) is 1. The van der Waals surface area contributed by atoms with E-state index in [1.807, 2.05) is 0 Å². The van der Waals surface area contributed by atoms with E-state index >= 15 is 0 Å². The number of carbonyl (C=O) groups is 1. The van der Waals surface area contributed by atoms with Crippen molar-refractivity contribution in [2.45, 2.75) is 26.0 Å². The van der Waals surface area contributed by atoms with Crippen LogP contribution in [-0.4, -0.2) is 25.6 Å². The van der Waals surface area contributed by atoms with Gasteiger partial charge in [0, 0.05) is 12.1 Å². The second-order valence-electron chi connectivity index (χ2n) is 4.84. The Bertz CT molecular complexity index is 456. The molecule has 0 spiro atoms. The topological polar surface area (TPSA) is 50.4 Å². The highest BCUT2D eigenvalue weighted by Gasteiger charge is 2.20. The molecule has 1 aromatic rings. The normalized spacial score (nSPS) is 13.7. The Balaban J connectivity index is 0.00000220. The number of hydrogen-bond donors (Lipinski definition) is 2. The van der Waals surface area contributed by atoms with Gasteiger partial charge >= 0.3 is 6.61 Å². The summed E-state index contributed by atoms with van der Waals surface area (Å²) in [5, 5.41) is 5.75. The summed E-state index contributed by atoms with van der Waals surface area (Å²) < 4.78 is 28.9. The Morgan fingerprint density at radius 1 is 1.33 bits per heavy atom. The standard InChI is InChI=1S/C14H18F2N2O2.ClH/c15-14(16)20-12-4-2-1-3-11(12)8-18-13(19)9-17-7-10-5-6-10;/h1-4,10,14,17H,5-9H2,(H,18,19);1H. The van der Waals surface area contributed by atoms with E-state index in [-0.39, 0.29) is 37.2 Å². The molecule has 2 N–H and O–H groups in total. The summed E-state index contributed by atoms with van der Waals surface area (Å²) in [7, 11) is 0. The highest BCUT2D eigenvalue weighted by atomic mass is 35.5. The van der Waals surface area contributed by atoms with E-state index in [1.165, 1.54) is 18.9 Å². The summed E-state index contributed by atoms with van der Waals surface area (Å²) in [5.41, 5.74) is 0.531. The molecule has 0 unspecified atom stereocenters. The fraction of sp³-hybridized carbons (Fsp3) is 0.500. The van der Waals surface area contributed by atoms with Gasteiger partial charge < -0.3 is 15.4 Å². The number of halogens is 3. The summed E-state index contributed by atoms with van der Waals surface area (Å²) in [6, 6.07) is 6.43. The first kappa shape index (κ1) is 17.7. The van der Waals surface area contributed by atoms with Crippen molar-refractivity contribution in [3.05, 3.63) is 29.8 Å². The minimum atomic E-state index is -2.87. The van der Waals surface area contributed by atoms with Gasteiger partial charge in [-0.25, -0.2) is 0 Å². The molecule has 0 atom stereocenters. The lowest BCUT2D eigenvalue weighted by atomic mass is 10.2. The number of para-hydroxylation sites is 1. The number of nitrogens with one attached hydrogen (secondary N) is 2. The fourth-order valence-electron chi connectivity index (χ4n) is 1.83. The van der Waals surface area contributed by atoms with Crippen molar-refractivity contribution in [2.75, 3.05) is 13.1 Å². The fourth-order valence-corrected chi connectivity index (χ4v) is 1.83. The van der Waals surface area contributed by atoms with Crippen molar-refractivity contribution < 1.29 is 18.3 Å². The minimum absolute atomic E-state index is 0. The maximum atomic E-state index is 12.2. The molecule has 0 aromatic heterocycles. The second-order valence-corrected chi connectivity index (χ2v) is 4.84. The lowest BCUT2D eigenvalue weighted by Crippen LogP contribution is -2.34.